The van der Waals surface area contributed by atoms with Gasteiger partial charge in [0.05, 0.1) is 16.7 Å². The van der Waals surface area contributed by atoms with Crippen molar-refractivity contribution in [2.75, 3.05) is 11.1 Å². The van der Waals surface area contributed by atoms with E-state index in [-0.39, 0.29) is 17.2 Å². The van der Waals surface area contributed by atoms with Crippen LogP contribution in [0.5, 0.6) is 0 Å². The molecule has 0 fully saturated rings. The van der Waals surface area contributed by atoms with E-state index in [0.717, 1.165) is 12.1 Å². The second-order valence-electron chi connectivity index (χ2n) is 6.88. The number of anilines is 1. The molecular weight excluding hydrogens is 382 g/mol. The van der Waals surface area contributed by atoms with Crippen molar-refractivity contribution in [1.29, 1.82) is 0 Å². The van der Waals surface area contributed by atoms with Gasteiger partial charge in [0.25, 0.3) is 5.56 Å². The lowest BCUT2D eigenvalue weighted by molar-refractivity contribution is -0.113. The molecule has 0 aliphatic heterocycles. The standard InChI is InChI=1S/C23H25N3O2S/c1-4-14-26-22(28)19-8-6-7-9-20(19)25-23(26)29-15-21(27)24-18-12-10-17(11-13-18)16(3)5-2/h4,6-13,16H,1,5,14-15H2,2-3H3,(H,24,27)/t16-/m0/s1. The summed E-state index contributed by atoms with van der Waals surface area (Å²) in [6.45, 7) is 8.40. The minimum atomic E-state index is -0.140. The Morgan fingerprint density at radius 1 is 1.24 bits per heavy atom. The second-order valence-corrected chi connectivity index (χ2v) is 7.83. The third kappa shape index (κ3) is 4.95. The summed E-state index contributed by atoms with van der Waals surface area (Å²) in [7, 11) is 0. The van der Waals surface area contributed by atoms with Gasteiger partial charge in [-0.25, -0.2) is 4.98 Å². The number of allylic oxidation sites excluding steroid dienone is 1. The number of nitrogens with zero attached hydrogens (tertiary/aromatic N) is 2. The summed E-state index contributed by atoms with van der Waals surface area (Å²) in [4.78, 5) is 29.7. The number of carbonyl (C=O) groups excluding carboxylic acids is 1. The largest absolute Gasteiger partial charge is 0.325 e. The molecule has 1 heterocycles. The van der Waals surface area contributed by atoms with Crippen LogP contribution >= 0.6 is 11.8 Å². The van der Waals surface area contributed by atoms with Gasteiger partial charge in [-0.05, 0) is 42.2 Å². The molecule has 0 radical (unpaired) electrons. The van der Waals surface area contributed by atoms with E-state index in [2.05, 4.69) is 30.7 Å². The van der Waals surface area contributed by atoms with Gasteiger partial charge in [-0.15, -0.1) is 6.58 Å². The lowest BCUT2D eigenvalue weighted by Crippen LogP contribution is -2.23. The van der Waals surface area contributed by atoms with Crippen molar-refractivity contribution in [2.24, 2.45) is 0 Å². The van der Waals surface area contributed by atoms with Crippen LogP contribution in [0.15, 0.2) is 71.1 Å². The maximum atomic E-state index is 12.7. The summed E-state index contributed by atoms with van der Waals surface area (Å²) in [6, 6.07) is 15.2. The van der Waals surface area contributed by atoms with E-state index in [1.807, 2.05) is 36.4 Å². The first-order valence-electron chi connectivity index (χ1n) is 9.66. The number of benzene rings is 2. The molecule has 0 spiro atoms. The van der Waals surface area contributed by atoms with Gasteiger partial charge in [0, 0.05) is 12.2 Å². The van der Waals surface area contributed by atoms with Crippen LogP contribution in [0.1, 0.15) is 31.7 Å². The van der Waals surface area contributed by atoms with Crippen LogP contribution in [0, 0.1) is 0 Å². The Hall–Kier alpha value is -2.86. The van der Waals surface area contributed by atoms with Crippen LogP contribution in [-0.2, 0) is 11.3 Å². The fourth-order valence-electron chi connectivity index (χ4n) is 3.01. The fraction of sp³-hybridized carbons (Fsp3) is 0.261. The first-order chi connectivity index (χ1) is 14.0. The molecule has 3 aromatic rings. The SMILES string of the molecule is C=CCn1c(SCC(=O)Nc2ccc([C@@H](C)CC)cc2)nc2ccccc2c1=O. The van der Waals surface area contributed by atoms with E-state index in [9.17, 15) is 9.59 Å². The van der Waals surface area contributed by atoms with Gasteiger partial charge in [0.15, 0.2) is 5.16 Å². The summed E-state index contributed by atoms with van der Waals surface area (Å²) < 4.78 is 1.55. The molecule has 0 saturated heterocycles. The second kappa shape index (κ2) is 9.56. The molecule has 1 aromatic heterocycles. The molecule has 0 bridgehead atoms. The first-order valence-corrected chi connectivity index (χ1v) is 10.6. The van der Waals surface area contributed by atoms with Crippen molar-refractivity contribution in [3.63, 3.8) is 0 Å². The van der Waals surface area contributed by atoms with Gasteiger partial charge in [-0.1, -0.05) is 56.0 Å². The van der Waals surface area contributed by atoms with Crippen LogP contribution in [0.4, 0.5) is 5.69 Å². The normalized spacial score (nSPS) is 11.9. The molecule has 2 aromatic carbocycles. The highest BCUT2D eigenvalue weighted by Gasteiger charge is 2.13. The summed E-state index contributed by atoms with van der Waals surface area (Å²) in [6.07, 6.45) is 2.73. The minimum Gasteiger partial charge on any atom is -0.325 e. The molecule has 0 aliphatic rings. The minimum absolute atomic E-state index is 0.126. The number of carbonyl (C=O) groups is 1. The van der Waals surface area contributed by atoms with Gasteiger partial charge in [-0.2, -0.15) is 0 Å². The number of nitrogens with one attached hydrogen (secondary N) is 1. The predicted octanol–water partition coefficient (Wildman–Crippen LogP) is 4.83. The van der Waals surface area contributed by atoms with E-state index in [4.69, 9.17) is 0 Å². The zero-order valence-corrected chi connectivity index (χ0v) is 17.5. The van der Waals surface area contributed by atoms with Gasteiger partial charge in [0.2, 0.25) is 5.91 Å². The van der Waals surface area contributed by atoms with Crippen molar-refractivity contribution in [1.82, 2.24) is 9.55 Å². The summed E-state index contributed by atoms with van der Waals surface area (Å²) in [5.41, 5.74) is 2.52. The number of hydrogen-bond acceptors (Lipinski definition) is 4. The number of fused-ring (bicyclic) bond motifs is 1. The van der Waals surface area contributed by atoms with Gasteiger partial charge in [-0.3, -0.25) is 14.2 Å². The number of aromatic nitrogens is 2. The molecule has 6 heteroatoms. The number of rotatable bonds is 8. The van der Waals surface area contributed by atoms with Gasteiger partial charge < -0.3 is 5.32 Å². The molecular formula is C23H25N3O2S. The maximum Gasteiger partial charge on any atom is 0.262 e. The van der Waals surface area contributed by atoms with E-state index in [1.54, 1.807) is 22.8 Å². The maximum absolute atomic E-state index is 12.7. The Morgan fingerprint density at radius 3 is 2.66 bits per heavy atom. The van der Waals surface area contributed by atoms with Crippen molar-refractivity contribution in [3.05, 3.63) is 77.1 Å². The van der Waals surface area contributed by atoms with Gasteiger partial charge in [0.1, 0.15) is 0 Å². The molecule has 3 rings (SSSR count). The molecule has 5 nitrogen and oxygen atoms in total. The Kier molecular flexibility index (Phi) is 6.88. The van der Waals surface area contributed by atoms with Crippen LogP contribution < -0.4 is 10.9 Å². The molecule has 1 atom stereocenters. The summed E-state index contributed by atoms with van der Waals surface area (Å²) in [5.74, 6) is 0.518. The molecule has 0 saturated carbocycles. The monoisotopic (exact) mass is 407 g/mol. The zero-order valence-electron chi connectivity index (χ0n) is 16.7. The fourth-order valence-corrected chi connectivity index (χ4v) is 3.81. The average Bonchev–Trinajstić information content (AvgIpc) is 2.74. The molecule has 29 heavy (non-hydrogen) atoms. The van der Waals surface area contributed by atoms with E-state index >= 15 is 0 Å². The molecule has 0 unspecified atom stereocenters. The smallest absolute Gasteiger partial charge is 0.262 e. The zero-order chi connectivity index (χ0) is 20.8. The molecule has 150 valence electrons. The Labute approximate surface area is 174 Å². The van der Waals surface area contributed by atoms with E-state index < -0.39 is 0 Å². The third-order valence-electron chi connectivity index (χ3n) is 4.85. The van der Waals surface area contributed by atoms with Crippen LogP contribution in [0.2, 0.25) is 0 Å². The van der Waals surface area contributed by atoms with Crippen molar-refractivity contribution in [2.45, 2.75) is 37.9 Å². The predicted molar refractivity (Wildman–Crippen MR) is 121 cm³/mol. The lowest BCUT2D eigenvalue weighted by Gasteiger charge is -2.12. The highest BCUT2D eigenvalue weighted by atomic mass is 32.2. The average molecular weight is 408 g/mol. The molecule has 1 N–H and O–H groups in total. The Bertz CT molecular complexity index is 1070. The highest BCUT2D eigenvalue weighted by Crippen LogP contribution is 2.21. The van der Waals surface area contributed by atoms with Crippen molar-refractivity contribution < 1.29 is 4.79 Å². The molecule has 0 aliphatic carbocycles. The Balaban J connectivity index is 1.72. The highest BCUT2D eigenvalue weighted by molar-refractivity contribution is 7.99. The summed E-state index contributed by atoms with van der Waals surface area (Å²) in [5, 5.41) is 3.97. The lowest BCUT2D eigenvalue weighted by atomic mass is 9.99. The topological polar surface area (TPSA) is 64.0 Å². The van der Waals surface area contributed by atoms with E-state index in [1.165, 1.54) is 17.3 Å². The van der Waals surface area contributed by atoms with Crippen molar-refractivity contribution >= 4 is 34.3 Å². The number of thioether (sulfide) groups is 1. The first kappa shape index (κ1) is 20.9. The quantitative estimate of drug-likeness (QED) is 0.330. The summed E-state index contributed by atoms with van der Waals surface area (Å²) >= 11 is 1.25. The third-order valence-corrected chi connectivity index (χ3v) is 5.82. The van der Waals surface area contributed by atoms with Crippen LogP contribution in [-0.4, -0.2) is 21.2 Å². The number of amides is 1. The number of para-hydroxylation sites is 1. The van der Waals surface area contributed by atoms with Crippen LogP contribution in [0.3, 0.4) is 0 Å². The Morgan fingerprint density at radius 2 is 1.97 bits per heavy atom. The molecule has 1 amide bonds. The van der Waals surface area contributed by atoms with Gasteiger partial charge >= 0.3 is 0 Å². The van der Waals surface area contributed by atoms with E-state index in [0.29, 0.717) is 28.5 Å². The number of hydrogen-bond donors (Lipinski definition) is 1. The van der Waals surface area contributed by atoms with Crippen molar-refractivity contribution in [3.8, 4) is 0 Å². The van der Waals surface area contributed by atoms with Crippen LogP contribution in [0.25, 0.3) is 10.9 Å².